The van der Waals surface area contributed by atoms with E-state index in [0.29, 0.717) is 0 Å². The molecule has 0 bridgehead atoms. The number of thiol groups is 1. The van der Waals surface area contributed by atoms with Crippen molar-refractivity contribution < 1.29 is 17.0 Å². The van der Waals surface area contributed by atoms with Crippen LogP contribution in [-0.4, -0.2) is 51.3 Å². The minimum absolute atomic E-state index is 0. The second kappa shape index (κ2) is 8.84. The normalized spacial score (nSPS) is 9.11. The summed E-state index contributed by atoms with van der Waals surface area (Å²) in [5, 5.41) is 0. The Kier molecular flexibility index (Phi) is 12.3. The Morgan fingerprint density at radius 1 is 1.44 bits per heavy atom. The first-order valence-electron chi connectivity index (χ1n) is 2.10. The Labute approximate surface area is 77.0 Å². The Balaban J connectivity index is 0. The van der Waals surface area contributed by atoms with E-state index in [-0.39, 0.29) is 42.6 Å². The van der Waals surface area contributed by atoms with E-state index >= 15 is 0 Å². The van der Waals surface area contributed by atoms with Crippen molar-refractivity contribution in [3.63, 3.8) is 0 Å². The molecule has 0 spiro atoms. The van der Waals surface area contributed by atoms with Crippen molar-refractivity contribution in [1.29, 1.82) is 0 Å². The van der Waals surface area contributed by atoms with Gasteiger partial charge in [0.25, 0.3) is 11.0 Å². The maximum atomic E-state index is 11.2. The van der Waals surface area contributed by atoms with Gasteiger partial charge in [-0.3, -0.25) is 8.57 Å². The van der Waals surface area contributed by atoms with Crippen molar-refractivity contribution in [2.45, 2.75) is 6.42 Å². The van der Waals surface area contributed by atoms with Crippen LogP contribution in [0.25, 0.3) is 0 Å². The zero-order valence-electron chi connectivity index (χ0n) is 4.17. The molecule has 0 aromatic carbocycles. The van der Waals surface area contributed by atoms with E-state index in [1.54, 1.807) is 0 Å². The van der Waals surface area contributed by atoms with Crippen LogP contribution in [0.1, 0.15) is 6.42 Å². The Bertz CT molecular complexity index is 108. The second-order valence-electron chi connectivity index (χ2n) is 1.10. The van der Waals surface area contributed by atoms with E-state index in [4.69, 9.17) is 0 Å². The monoisotopic (exact) mass is 166 g/mol. The molecule has 0 aliphatic heterocycles. The molecule has 6 heteroatoms. The number of rotatable bonds is 4. The average Bonchev–Trinajstić information content (AvgIpc) is 1.66. The van der Waals surface area contributed by atoms with Crippen LogP contribution in [0.2, 0.25) is 0 Å². The first kappa shape index (κ1) is 12.5. The number of hydrogen-bond donors (Lipinski definition) is 1. The molecule has 0 aliphatic rings. The third kappa shape index (κ3) is 12.1. The molecule has 9 heavy (non-hydrogen) atoms. The molecule has 0 atom stereocenters. The summed E-state index contributed by atoms with van der Waals surface area (Å²) >= 11 is 0. The van der Waals surface area contributed by atoms with Crippen LogP contribution in [0.15, 0.2) is 0 Å². The van der Waals surface area contributed by atoms with Crippen LogP contribution in [0.4, 0.5) is 4.39 Å². The van der Waals surface area contributed by atoms with E-state index in [0.717, 1.165) is 0 Å². The van der Waals surface area contributed by atoms with Crippen LogP contribution >= 0.6 is 0 Å². The molecule has 0 saturated heterocycles. The van der Waals surface area contributed by atoms with Crippen LogP contribution < -0.4 is 0 Å². The minimum atomic E-state index is -2.78. The number of halogens is 1. The number of hydrogen-bond acceptors (Lipinski definition) is 3. The topological polar surface area (TPSA) is 43.4 Å². The summed E-state index contributed by atoms with van der Waals surface area (Å²) in [7, 11) is -2.78. The van der Waals surface area contributed by atoms with Crippen molar-refractivity contribution in [3.05, 3.63) is 0 Å². The Morgan fingerprint density at radius 3 is 2.33 bits per heavy atom. The van der Waals surface area contributed by atoms with E-state index in [2.05, 4.69) is 4.18 Å². The van der Waals surface area contributed by atoms with Gasteiger partial charge in [0.05, 0.1) is 13.3 Å². The van der Waals surface area contributed by atoms with Gasteiger partial charge in [-0.1, -0.05) is 0 Å². The molecule has 0 heterocycles. The maximum absolute atomic E-state index is 11.2. The number of alkyl halides is 1. The van der Waals surface area contributed by atoms with Crippen molar-refractivity contribution >= 4 is 40.5 Å². The van der Waals surface area contributed by atoms with Gasteiger partial charge in [-0.2, -0.15) is 0 Å². The van der Waals surface area contributed by atoms with Gasteiger partial charge in [-0.15, -0.1) is 0 Å². The van der Waals surface area contributed by atoms with E-state index < -0.39 is 17.7 Å². The van der Waals surface area contributed by atoms with Gasteiger partial charge in [-0.25, -0.2) is 8.42 Å². The summed E-state index contributed by atoms with van der Waals surface area (Å²) in [6.07, 6.45) is 0.142. The molecular weight excluding hydrogens is 158 g/mol. The summed E-state index contributed by atoms with van der Waals surface area (Å²) in [6, 6.07) is 0. The molecule has 52 valence electrons. The summed E-state index contributed by atoms with van der Waals surface area (Å²) < 4.78 is 34.3. The molecule has 0 aliphatic carbocycles. The van der Waals surface area contributed by atoms with Gasteiger partial charge in [0, 0.05) is 6.42 Å². The zero-order chi connectivity index (χ0) is 6.41. The molecule has 3 nitrogen and oxygen atoms in total. The second-order valence-corrected chi connectivity index (χ2v) is 1.80. The molecule has 0 N–H and O–H groups in total. The molecule has 0 aromatic rings. The molecule has 0 amide bonds. The van der Waals surface area contributed by atoms with Gasteiger partial charge in [0.1, 0.15) is 0 Å². The van der Waals surface area contributed by atoms with E-state index in [9.17, 15) is 12.8 Å². The SMILES string of the molecule is O=[SH](=O)OCCCF.[NaH]. The Morgan fingerprint density at radius 2 is 2.00 bits per heavy atom. The van der Waals surface area contributed by atoms with E-state index in [1.807, 2.05) is 0 Å². The molecular formula is C3H8FNaO3S. The van der Waals surface area contributed by atoms with Crippen LogP contribution in [0, 0.1) is 0 Å². The molecule has 0 fully saturated rings. The first-order valence-corrected chi connectivity index (χ1v) is 3.20. The fraction of sp³-hybridized carbons (Fsp3) is 1.00. The standard InChI is InChI=1S/C3H7FO3S.Na.H/c4-2-1-3-7-8(5)6;;/h8H,1-3H2;;. The van der Waals surface area contributed by atoms with Gasteiger partial charge in [0.15, 0.2) is 0 Å². The van der Waals surface area contributed by atoms with Crippen molar-refractivity contribution in [1.82, 2.24) is 0 Å². The van der Waals surface area contributed by atoms with Crippen molar-refractivity contribution in [2.24, 2.45) is 0 Å². The fourth-order valence-electron chi connectivity index (χ4n) is 0.194. The van der Waals surface area contributed by atoms with Gasteiger partial charge < -0.3 is 0 Å². The van der Waals surface area contributed by atoms with E-state index in [1.165, 1.54) is 0 Å². The summed E-state index contributed by atoms with van der Waals surface area (Å²) in [4.78, 5) is 0. The molecule has 0 unspecified atom stereocenters. The summed E-state index contributed by atoms with van der Waals surface area (Å²) in [6.45, 7) is -0.585. The molecule has 0 rings (SSSR count). The molecule has 0 aromatic heterocycles. The van der Waals surface area contributed by atoms with Crippen molar-refractivity contribution in [3.8, 4) is 0 Å². The summed E-state index contributed by atoms with van der Waals surface area (Å²) in [5.74, 6) is 0. The van der Waals surface area contributed by atoms with Crippen LogP contribution in [0.5, 0.6) is 0 Å². The van der Waals surface area contributed by atoms with Gasteiger partial charge >= 0.3 is 29.6 Å². The quantitative estimate of drug-likeness (QED) is 0.339. The van der Waals surface area contributed by atoms with Crippen molar-refractivity contribution in [2.75, 3.05) is 13.3 Å². The van der Waals surface area contributed by atoms with Gasteiger partial charge in [-0.05, 0) is 0 Å². The fourth-order valence-corrected chi connectivity index (χ4v) is 0.472. The zero-order valence-corrected chi connectivity index (χ0v) is 5.07. The average molecular weight is 166 g/mol. The van der Waals surface area contributed by atoms with Gasteiger partial charge in [0.2, 0.25) is 0 Å². The molecule has 0 radical (unpaired) electrons. The third-order valence-corrected chi connectivity index (χ3v) is 0.868. The first-order chi connectivity index (χ1) is 3.77. The Hall–Kier alpha value is 0.840. The van der Waals surface area contributed by atoms with Crippen LogP contribution in [-0.2, 0) is 15.2 Å². The predicted molar refractivity (Wildman–Crippen MR) is 34.0 cm³/mol. The third-order valence-electron chi connectivity index (χ3n) is 0.475. The van der Waals surface area contributed by atoms with Crippen LogP contribution in [0.3, 0.4) is 0 Å². The summed E-state index contributed by atoms with van der Waals surface area (Å²) in [5.41, 5.74) is 0. The molecule has 0 saturated carbocycles. The predicted octanol–water partition coefficient (Wildman–Crippen LogP) is -0.759.